The highest BCUT2D eigenvalue weighted by Gasteiger charge is 2.52. The molecule has 1 aliphatic heterocycles. The van der Waals surface area contributed by atoms with E-state index in [4.69, 9.17) is 0 Å². The lowest BCUT2D eigenvalue weighted by atomic mass is 9.87. The standard InChI is InChI=1S/C24H43NO5/c1-6-7-8-13-16-24(4,29)17-18-25-19(21(27)23(2,3)22(25)28)14-11-9-10-12-15-20(26)30-5/h19,29H,6-18H2,1-5H3. The molecule has 1 rings (SSSR count). The summed E-state index contributed by atoms with van der Waals surface area (Å²) in [5, 5.41) is 10.7. The molecule has 0 aliphatic carbocycles. The van der Waals surface area contributed by atoms with Gasteiger partial charge in [0.05, 0.1) is 18.8 Å². The van der Waals surface area contributed by atoms with E-state index in [0.29, 0.717) is 25.8 Å². The second-order valence-electron chi connectivity index (χ2n) is 9.59. The van der Waals surface area contributed by atoms with E-state index in [0.717, 1.165) is 51.4 Å². The molecular weight excluding hydrogens is 382 g/mol. The minimum absolute atomic E-state index is 0.00958. The van der Waals surface area contributed by atoms with E-state index in [1.807, 2.05) is 6.92 Å². The molecular formula is C24H43NO5. The second-order valence-corrected chi connectivity index (χ2v) is 9.59. The van der Waals surface area contributed by atoms with Crippen LogP contribution in [0.3, 0.4) is 0 Å². The zero-order chi connectivity index (χ0) is 22.8. The topological polar surface area (TPSA) is 83.9 Å². The Hall–Kier alpha value is -1.43. The Morgan fingerprint density at radius 1 is 1.07 bits per heavy atom. The van der Waals surface area contributed by atoms with Gasteiger partial charge in [0.15, 0.2) is 5.78 Å². The van der Waals surface area contributed by atoms with Crippen molar-refractivity contribution >= 4 is 17.7 Å². The molecule has 2 atom stereocenters. The SMILES string of the molecule is CCCCCCC(C)(O)CCN1C(=O)C(C)(C)C(=O)C1CCCCCCC(=O)OC. The van der Waals surface area contributed by atoms with Gasteiger partial charge in [0.2, 0.25) is 5.91 Å². The Bertz CT molecular complexity index is 570. The van der Waals surface area contributed by atoms with Crippen LogP contribution in [0.5, 0.6) is 0 Å². The average molecular weight is 426 g/mol. The third kappa shape index (κ3) is 8.01. The number of esters is 1. The summed E-state index contributed by atoms with van der Waals surface area (Å²) in [7, 11) is 1.39. The zero-order valence-electron chi connectivity index (χ0n) is 19.8. The van der Waals surface area contributed by atoms with Crippen molar-refractivity contribution in [1.82, 2.24) is 4.90 Å². The summed E-state index contributed by atoms with van der Waals surface area (Å²) in [6, 6.07) is -0.399. The fourth-order valence-corrected chi connectivity index (χ4v) is 4.19. The number of amides is 1. The van der Waals surface area contributed by atoms with Gasteiger partial charge in [0, 0.05) is 13.0 Å². The van der Waals surface area contributed by atoms with Gasteiger partial charge in [-0.3, -0.25) is 14.4 Å². The van der Waals surface area contributed by atoms with E-state index in [9.17, 15) is 19.5 Å². The lowest BCUT2D eigenvalue weighted by Crippen LogP contribution is -2.40. The van der Waals surface area contributed by atoms with Crippen LogP contribution in [0.2, 0.25) is 0 Å². The Balaban J connectivity index is 2.56. The first-order valence-corrected chi connectivity index (χ1v) is 11.7. The van der Waals surface area contributed by atoms with Gasteiger partial charge < -0.3 is 14.7 Å². The molecule has 0 radical (unpaired) electrons. The molecule has 1 fully saturated rings. The fraction of sp³-hybridized carbons (Fsp3) is 0.875. The summed E-state index contributed by atoms with van der Waals surface area (Å²) < 4.78 is 4.64. The van der Waals surface area contributed by atoms with Crippen LogP contribution in [0.15, 0.2) is 0 Å². The number of aliphatic hydroxyl groups is 1. The van der Waals surface area contributed by atoms with Gasteiger partial charge in [-0.05, 0) is 46.5 Å². The van der Waals surface area contributed by atoms with Crippen molar-refractivity contribution in [3.8, 4) is 0 Å². The van der Waals surface area contributed by atoms with Crippen LogP contribution < -0.4 is 0 Å². The van der Waals surface area contributed by atoms with Crippen molar-refractivity contribution < 1.29 is 24.2 Å². The molecule has 0 aromatic heterocycles. The molecule has 0 saturated carbocycles. The number of carbonyl (C=O) groups excluding carboxylic acids is 3. The number of nitrogens with zero attached hydrogens (tertiary/aromatic N) is 1. The highest BCUT2D eigenvalue weighted by Crippen LogP contribution is 2.35. The molecule has 0 aromatic carbocycles. The number of carbonyl (C=O) groups is 3. The first-order valence-electron chi connectivity index (χ1n) is 11.7. The quantitative estimate of drug-likeness (QED) is 0.239. The molecule has 30 heavy (non-hydrogen) atoms. The van der Waals surface area contributed by atoms with Crippen LogP contribution in [0, 0.1) is 5.41 Å². The van der Waals surface area contributed by atoms with Crippen LogP contribution in [0.4, 0.5) is 0 Å². The number of methoxy groups -OCH3 is 1. The lowest BCUT2D eigenvalue weighted by Gasteiger charge is -2.29. The third-order valence-electron chi connectivity index (χ3n) is 6.39. The molecule has 1 saturated heterocycles. The summed E-state index contributed by atoms with van der Waals surface area (Å²) in [6.07, 6.45) is 10.1. The van der Waals surface area contributed by atoms with Gasteiger partial charge >= 0.3 is 5.97 Å². The van der Waals surface area contributed by atoms with Crippen molar-refractivity contribution in [3.63, 3.8) is 0 Å². The van der Waals surface area contributed by atoms with E-state index >= 15 is 0 Å². The smallest absolute Gasteiger partial charge is 0.305 e. The number of likely N-dealkylation sites (tertiary alicyclic amines) is 1. The summed E-state index contributed by atoms with van der Waals surface area (Å²) >= 11 is 0. The highest BCUT2D eigenvalue weighted by atomic mass is 16.5. The normalized spacial score (nSPS) is 20.5. The minimum Gasteiger partial charge on any atom is -0.469 e. The van der Waals surface area contributed by atoms with Crippen molar-refractivity contribution in [1.29, 1.82) is 0 Å². The number of Topliss-reactive ketones (excluding diaryl/α,β-unsaturated/α-hetero) is 1. The van der Waals surface area contributed by atoms with Crippen molar-refractivity contribution in [3.05, 3.63) is 0 Å². The van der Waals surface area contributed by atoms with Crippen LogP contribution in [0.25, 0.3) is 0 Å². The summed E-state index contributed by atoms with van der Waals surface area (Å²) in [5.41, 5.74) is -1.80. The van der Waals surface area contributed by atoms with Crippen LogP contribution >= 0.6 is 0 Å². The number of hydrogen-bond acceptors (Lipinski definition) is 5. The average Bonchev–Trinajstić information content (AvgIpc) is 2.86. The van der Waals surface area contributed by atoms with E-state index < -0.39 is 17.1 Å². The molecule has 1 aliphatic rings. The van der Waals surface area contributed by atoms with Gasteiger partial charge in [-0.1, -0.05) is 51.9 Å². The summed E-state index contributed by atoms with van der Waals surface area (Å²) in [4.78, 5) is 38.6. The second kappa shape index (κ2) is 12.4. The monoisotopic (exact) mass is 425 g/mol. The predicted octanol–water partition coefficient (Wildman–Crippen LogP) is 4.42. The van der Waals surface area contributed by atoms with Crippen molar-refractivity contribution in [2.45, 2.75) is 116 Å². The molecule has 2 unspecified atom stereocenters. The van der Waals surface area contributed by atoms with E-state index in [2.05, 4.69) is 11.7 Å². The number of hydrogen-bond donors (Lipinski definition) is 1. The number of ether oxygens (including phenoxy) is 1. The third-order valence-corrected chi connectivity index (χ3v) is 6.39. The van der Waals surface area contributed by atoms with Gasteiger partial charge in [-0.25, -0.2) is 0 Å². The van der Waals surface area contributed by atoms with E-state index in [-0.39, 0.29) is 17.7 Å². The van der Waals surface area contributed by atoms with Gasteiger partial charge in [0.1, 0.15) is 5.41 Å². The molecule has 0 bridgehead atoms. The molecule has 1 N–H and O–H groups in total. The molecule has 1 amide bonds. The number of rotatable bonds is 15. The van der Waals surface area contributed by atoms with Gasteiger partial charge in [-0.2, -0.15) is 0 Å². The fourth-order valence-electron chi connectivity index (χ4n) is 4.19. The van der Waals surface area contributed by atoms with Crippen LogP contribution in [0.1, 0.15) is 105 Å². The minimum atomic E-state index is -0.984. The molecule has 6 nitrogen and oxygen atoms in total. The van der Waals surface area contributed by atoms with Crippen LogP contribution in [-0.4, -0.2) is 53.0 Å². The lowest BCUT2D eigenvalue weighted by molar-refractivity contribution is -0.141. The Labute approximate surface area is 182 Å². The van der Waals surface area contributed by atoms with E-state index in [1.54, 1.807) is 18.7 Å². The Morgan fingerprint density at radius 2 is 1.70 bits per heavy atom. The van der Waals surface area contributed by atoms with Crippen LogP contribution in [-0.2, 0) is 19.1 Å². The first kappa shape index (κ1) is 26.6. The number of ketones is 1. The summed E-state index contributed by atoms with van der Waals surface area (Å²) in [6.45, 7) is 7.84. The van der Waals surface area contributed by atoms with E-state index in [1.165, 1.54) is 13.5 Å². The zero-order valence-corrected chi connectivity index (χ0v) is 19.8. The largest absolute Gasteiger partial charge is 0.469 e. The van der Waals surface area contributed by atoms with Crippen molar-refractivity contribution in [2.75, 3.05) is 13.7 Å². The first-order chi connectivity index (χ1) is 14.1. The Morgan fingerprint density at radius 3 is 2.33 bits per heavy atom. The maximum absolute atomic E-state index is 12.9. The highest BCUT2D eigenvalue weighted by molar-refractivity contribution is 6.13. The number of unbranched alkanes of at least 4 members (excludes halogenated alkanes) is 6. The predicted molar refractivity (Wildman–Crippen MR) is 118 cm³/mol. The molecule has 174 valence electrons. The van der Waals surface area contributed by atoms with Crippen molar-refractivity contribution in [2.24, 2.45) is 5.41 Å². The Kier molecular flexibility index (Phi) is 11.0. The maximum atomic E-state index is 12.9. The van der Waals surface area contributed by atoms with Gasteiger partial charge in [-0.15, -0.1) is 0 Å². The maximum Gasteiger partial charge on any atom is 0.305 e. The molecule has 0 spiro atoms. The molecule has 0 aromatic rings. The van der Waals surface area contributed by atoms with Gasteiger partial charge in [0.25, 0.3) is 0 Å². The molecule has 6 heteroatoms. The molecule has 1 heterocycles. The summed E-state index contributed by atoms with van der Waals surface area (Å²) in [5.74, 6) is -0.323.